The fourth-order valence-electron chi connectivity index (χ4n) is 3.89. The van der Waals surface area contributed by atoms with Crippen molar-refractivity contribution in [3.05, 3.63) is 45.7 Å². The topological polar surface area (TPSA) is 90.1 Å². The lowest BCUT2D eigenvalue weighted by Crippen LogP contribution is -2.43. The zero-order valence-electron chi connectivity index (χ0n) is 17.3. The Labute approximate surface area is 179 Å². The molecule has 0 radical (unpaired) electrons. The summed E-state index contributed by atoms with van der Waals surface area (Å²) >= 11 is 3.44. The average Bonchev–Trinajstić information content (AvgIpc) is 3.08. The SMILES string of the molecule is Cc1cc(C(C)NC(=O)Nc2ccc(Br)cc2C(=O)N2C[C@H](C)C[C@H](C)C2)n[nH]1. The second kappa shape index (κ2) is 8.98. The minimum atomic E-state index is -0.380. The Balaban J connectivity index is 1.74. The van der Waals surface area contributed by atoms with Crippen LogP contribution >= 0.6 is 15.9 Å². The Bertz CT molecular complexity index is 887. The molecule has 0 aliphatic carbocycles. The number of aromatic amines is 1. The molecule has 3 rings (SSSR count). The fourth-order valence-corrected chi connectivity index (χ4v) is 4.25. The van der Waals surface area contributed by atoms with Crippen molar-refractivity contribution >= 4 is 33.6 Å². The Morgan fingerprint density at radius 3 is 2.55 bits per heavy atom. The van der Waals surface area contributed by atoms with Gasteiger partial charge in [0.15, 0.2) is 0 Å². The van der Waals surface area contributed by atoms with Gasteiger partial charge in [-0.15, -0.1) is 0 Å². The van der Waals surface area contributed by atoms with E-state index >= 15 is 0 Å². The van der Waals surface area contributed by atoms with E-state index in [-0.39, 0.29) is 18.0 Å². The predicted octanol–water partition coefficient (Wildman–Crippen LogP) is 4.48. The van der Waals surface area contributed by atoms with Crippen molar-refractivity contribution in [2.75, 3.05) is 18.4 Å². The number of aromatic nitrogens is 2. The molecule has 3 amide bonds. The first-order chi connectivity index (χ1) is 13.7. The van der Waals surface area contributed by atoms with Crippen LogP contribution in [0, 0.1) is 18.8 Å². The lowest BCUT2D eigenvalue weighted by atomic mass is 9.91. The van der Waals surface area contributed by atoms with E-state index in [1.165, 1.54) is 0 Å². The molecule has 1 aliphatic heterocycles. The van der Waals surface area contributed by atoms with Gasteiger partial charge in [-0.2, -0.15) is 5.10 Å². The highest BCUT2D eigenvalue weighted by atomic mass is 79.9. The minimum Gasteiger partial charge on any atom is -0.338 e. The number of hydrogen-bond donors (Lipinski definition) is 3. The van der Waals surface area contributed by atoms with Crippen LogP contribution in [0.15, 0.2) is 28.7 Å². The van der Waals surface area contributed by atoms with E-state index in [0.717, 1.165) is 35.4 Å². The quantitative estimate of drug-likeness (QED) is 0.626. The number of aryl methyl sites for hydroxylation is 1. The van der Waals surface area contributed by atoms with Crippen LogP contribution in [0.1, 0.15) is 55.0 Å². The molecular weight excluding hydrogens is 434 g/mol. The fraction of sp³-hybridized carbons (Fsp3) is 0.476. The molecule has 29 heavy (non-hydrogen) atoms. The van der Waals surface area contributed by atoms with Crippen molar-refractivity contribution in [3.63, 3.8) is 0 Å². The van der Waals surface area contributed by atoms with Crippen LogP contribution in [0.5, 0.6) is 0 Å². The van der Waals surface area contributed by atoms with Gasteiger partial charge in [-0.1, -0.05) is 29.8 Å². The van der Waals surface area contributed by atoms with E-state index < -0.39 is 0 Å². The van der Waals surface area contributed by atoms with Gasteiger partial charge in [0.05, 0.1) is 23.0 Å². The van der Waals surface area contributed by atoms with Gasteiger partial charge < -0.3 is 15.5 Å². The van der Waals surface area contributed by atoms with Gasteiger partial charge in [-0.3, -0.25) is 9.89 Å². The number of hydrogen-bond acceptors (Lipinski definition) is 3. The molecule has 1 saturated heterocycles. The standard InChI is InChI=1S/C21H28BrN5O2/c1-12-7-13(2)11-27(10-12)20(28)17-9-16(22)5-6-18(17)24-21(29)23-15(4)19-8-14(3)25-26-19/h5-6,8-9,12-13,15H,7,10-11H2,1-4H3,(H,25,26)(H2,23,24,29)/t12-,13+,15?. The summed E-state index contributed by atoms with van der Waals surface area (Å²) in [5, 5.41) is 12.7. The summed E-state index contributed by atoms with van der Waals surface area (Å²) in [5.74, 6) is 0.872. The Hall–Kier alpha value is -2.35. The molecule has 156 valence electrons. The Kier molecular flexibility index (Phi) is 6.62. The van der Waals surface area contributed by atoms with Gasteiger partial charge in [0.25, 0.3) is 5.91 Å². The predicted molar refractivity (Wildman–Crippen MR) is 117 cm³/mol. The molecule has 0 bridgehead atoms. The number of halogens is 1. The molecule has 1 aliphatic rings. The van der Waals surface area contributed by atoms with E-state index in [4.69, 9.17) is 0 Å². The number of urea groups is 1. The van der Waals surface area contributed by atoms with Crippen molar-refractivity contribution in [3.8, 4) is 0 Å². The van der Waals surface area contributed by atoms with Gasteiger partial charge in [0, 0.05) is 23.3 Å². The smallest absolute Gasteiger partial charge is 0.319 e. The maximum Gasteiger partial charge on any atom is 0.319 e. The number of nitrogens with one attached hydrogen (secondary N) is 3. The normalized spacial score (nSPS) is 20.2. The summed E-state index contributed by atoms with van der Waals surface area (Å²) in [5.41, 5.74) is 2.66. The molecular formula is C21H28BrN5O2. The van der Waals surface area contributed by atoms with Crippen molar-refractivity contribution in [1.29, 1.82) is 0 Å². The van der Waals surface area contributed by atoms with E-state index in [2.05, 4.69) is 50.6 Å². The number of amides is 3. The molecule has 3 atom stereocenters. The van der Waals surface area contributed by atoms with Crippen molar-refractivity contribution in [2.24, 2.45) is 11.8 Å². The van der Waals surface area contributed by atoms with E-state index in [1.54, 1.807) is 12.1 Å². The molecule has 1 fully saturated rings. The number of piperidine rings is 1. The third-order valence-corrected chi connectivity index (χ3v) is 5.63. The van der Waals surface area contributed by atoms with Crippen LogP contribution in [0.4, 0.5) is 10.5 Å². The highest BCUT2D eigenvalue weighted by Gasteiger charge is 2.28. The van der Waals surface area contributed by atoms with Crippen LogP contribution in [-0.4, -0.2) is 40.1 Å². The first-order valence-electron chi connectivity index (χ1n) is 9.91. The van der Waals surface area contributed by atoms with Crippen molar-refractivity contribution in [2.45, 2.75) is 40.2 Å². The van der Waals surface area contributed by atoms with Crippen molar-refractivity contribution in [1.82, 2.24) is 20.4 Å². The molecule has 7 nitrogen and oxygen atoms in total. The number of likely N-dealkylation sites (tertiary alicyclic amines) is 1. The summed E-state index contributed by atoms with van der Waals surface area (Å²) in [7, 11) is 0. The van der Waals surface area contributed by atoms with Gasteiger partial charge in [-0.25, -0.2) is 4.79 Å². The van der Waals surface area contributed by atoms with E-state index in [9.17, 15) is 9.59 Å². The number of rotatable bonds is 4. The number of carbonyl (C=O) groups excluding carboxylic acids is 2. The van der Waals surface area contributed by atoms with Crippen LogP contribution in [0.3, 0.4) is 0 Å². The molecule has 2 heterocycles. The number of nitrogens with zero attached hydrogens (tertiary/aromatic N) is 2. The Morgan fingerprint density at radius 1 is 1.24 bits per heavy atom. The number of carbonyl (C=O) groups is 2. The summed E-state index contributed by atoms with van der Waals surface area (Å²) in [6, 6.07) is 6.57. The highest BCUT2D eigenvalue weighted by molar-refractivity contribution is 9.10. The highest BCUT2D eigenvalue weighted by Crippen LogP contribution is 2.27. The van der Waals surface area contributed by atoms with Crippen LogP contribution in [-0.2, 0) is 0 Å². The van der Waals surface area contributed by atoms with Gasteiger partial charge >= 0.3 is 6.03 Å². The summed E-state index contributed by atoms with van der Waals surface area (Å²) in [4.78, 5) is 27.6. The van der Waals surface area contributed by atoms with Gasteiger partial charge in [-0.05, 0) is 56.4 Å². The van der Waals surface area contributed by atoms with Gasteiger partial charge in [0.2, 0.25) is 0 Å². The van der Waals surface area contributed by atoms with E-state index in [0.29, 0.717) is 23.1 Å². The Morgan fingerprint density at radius 2 is 1.93 bits per heavy atom. The molecule has 0 saturated carbocycles. The molecule has 1 aromatic heterocycles. The largest absolute Gasteiger partial charge is 0.338 e. The number of H-pyrrole nitrogens is 1. The third kappa shape index (κ3) is 5.38. The third-order valence-electron chi connectivity index (χ3n) is 5.13. The maximum atomic E-state index is 13.2. The minimum absolute atomic E-state index is 0.0593. The molecule has 0 spiro atoms. The summed E-state index contributed by atoms with van der Waals surface area (Å²) in [6.45, 7) is 9.57. The van der Waals surface area contributed by atoms with Crippen molar-refractivity contribution < 1.29 is 9.59 Å². The summed E-state index contributed by atoms with van der Waals surface area (Å²) in [6.07, 6.45) is 1.13. The number of anilines is 1. The van der Waals surface area contributed by atoms with Crippen LogP contribution in [0.2, 0.25) is 0 Å². The molecule has 1 unspecified atom stereocenters. The van der Waals surface area contributed by atoms with Crippen LogP contribution in [0.25, 0.3) is 0 Å². The van der Waals surface area contributed by atoms with Gasteiger partial charge in [0.1, 0.15) is 0 Å². The first kappa shape index (κ1) is 21.4. The molecule has 8 heteroatoms. The second-order valence-corrected chi connectivity index (χ2v) is 9.06. The lowest BCUT2D eigenvalue weighted by molar-refractivity contribution is 0.0624. The number of benzene rings is 1. The maximum absolute atomic E-state index is 13.2. The lowest BCUT2D eigenvalue weighted by Gasteiger charge is -2.35. The second-order valence-electron chi connectivity index (χ2n) is 8.14. The zero-order chi connectivity index (χ0) is 21.1. The molecule has 2 aromatic rings. The average molecular weight is 462 g/mol. The van der Waals surface area contributed by atoms with E-state index in [1.807, 2.05) is 30.9 Å². The monoisotopic (exact) mass is 461 g/mol. The summed E-state index contributed by atoms with van der Waals surface area (Å²) < 4.78 is 0.797. The molecule has 3 N–H and O–H groups in total. The first-order valence-corrected chi connectivity index (χ1v) is 10.7. The zero-order valence-corrected chi connectivity index (χ0v) is 18.8. The van der Waals surface area contributed by atoms with Crippen LogP contribution < -0.4 is 10.6 Å². The molecule has 1 aromatic carbocycles.